The van der Waals surface area contributed by atoms with E-state index in [1.54, 1.807) is 13.2 Å². The van der Waals surface area contributed by atoms with Crippen LogP contribution in [0.3, 0.4) is 0 Å². The Kier molecular flexibility index (Phi) is 6.04. The van der Waals surface area contributed by atoms with E-state index in [0.29, 0.717) is 17.7 Å². The molecule has 1 saturated carbocycles. The van der Waals surface area contributed by atoms with E-state index in [1.165, 1.54) is 12.1 Å². The van der Waals surface area contributed by atoms with Gasteiger partial charge in [-0.2, -0.15) is 0 Å². The van der Waals surface area contributed by atoms with Crippen molar-refractivity contribution in [2.45, 2.75) is 44.3 Å². The summed E-state index contributed by atoms with van der Waals surface area (Å²) in [5.74, 6) is 5.76. The van der Waals surface area contributed by atoms with Gasteiger partial charge in [-0.05, 0) is 31.4 Å². The third kappa shape index (κ3) is 5.04. The number of rotatable bonds is 4. The van der Waals surface area contributed by atoms with Crippen LogP contribution in [0.25, 0.3) is 0 Å². The summed E-state index contributed by atoms with van der Waals surface area (Å²) in [7, 11) is 1.71. The SMILES string of the molecule is COC1CCCC(Oc2cc(F)cc(C#CCCO)c2)C1. The highest BCUT2D eigenvalue weighted by molar-refractivity contribution is 5.40. The number of halogens is 1. The predicted octanol–water partition coefficient (Wildman–Crippen LogP) is 2.90. The molecule has 1 aliphatic carbocycles. The average molecular weight is 292 g/mol. The Morgan fingerprint density at radius 3 is 2.86 bits per heavy atom. The molecule has 0 saturated heterocycles. The number of hydrogen-bond acceptors (Lipinski definition) is 3. The van der Waals surface area contributed by atoms with Crippen LogP contribution in [-0.4, -0.2) is 31.0 Å². The van der Waals surface area contributed by atoms with Crippen LogP contribution in [0, 0.1) is 17.7 Å². The largest absolute Gasteiger partial charge is 0.490 e. The molecule has 0 aromatic heterocycles. The van der Waals surface area contributed by atoms with Crippen LogP contribution in [0.2, 0.25) is 0 Å². The number of hydrogen-bond donors (Lipinski definition) is 1. The van der Waals surface area contributed by atoms with Gasteiger partial charge in [0.2, 0.25) is 0 Å². The maximum Gasteiger partial charge on any atom is 0.128 e. The zero-order chi connectivity index (χ0) is 15.1. The molecule has 1 aliphatic rings. The van der Waals surface area contributed by atoms with Crippen LogP contribution in [0.1, 0.15) is 37.7 Å². The summed E-state index contributed by atoms with van der Waals surface area (Å²) in [4.78, 5) is 0. The summed E-state index contributed by atoms with van der Waals surface area (Å²) in [5.41, 5.74) is 0.567. The van der Waals surface area contributed by atoms with E-state index in [9.17, 15) is 4.39 Å². The first-order valence-corrected chi connectivity index (χ1v) is 7.31. The molecule has 0 radical (unpaired) electrons. The lowest BCUT2D eigenvalue weighted by molar-refractivity contribution is 0.0209. The van der Waals surface area contributed by atoms with E-state index in [2.05, 4.69) is 11.8 Å². The fourth-order valence-electron chi connectivity index (χ4n) is 2.54. The number of ether oxygens (including phenoxy) is 2. The van der Waals surface area contributed by atoms with Crippen molar-refractivity contribution in [3.05, 3.63) is 29.6 Å². The molecule has 0 spiro atoms. The van der Waals surface area contributed by atoms with Crippen molar-refractivity contribution in [2.24, 2.45) is 0 Å². The van der Waals surface area contributed by atoms with Crippen molar-refractivity contribution >= 4 is 0 Å². The monoisotopic (exact) mass is 292 g/mol. The third-order valence-corrected chi connectivity index (χ3v) is 3.55. The van der Waals surface area contributed by atoms with Crippen molar-refractivity contribution in [3.63, 3.8) is 0 Å². The second-order valence-electron chi connectivity index (χ2n) is 5.22. The molecule has 3 nitrogen and oxygen atoms in total. The van der Waals surface area contributed by atoms with E-state index in [4.69, 9.17) is 14.6 Å². The quantitative estimate of drug-likeness (QED) is 0.867. The van der Waals surface area contributed by atoms with Gasteiger partial charge in [-0.25, -0.2) is 4.39 Å². The maximum absolute atomic E-state index is 13.6. The first kappa shape index (κ1) is 15.8. The molecule has 0 amide bonds. The lowest BCUT2D eigenvalue weighted by Gasteiger charge is -2.28. The molecule has 4 heteroatoms. The first-order valence-electron chi connectivity index (χ1n) is 7.31. The Labute approximate surface area is 125 Å². The minimum Gasteiger partial charge on any atom is -0.490 e. The number of methoxy groups -OCH3 is 1. The van der Waals surface area contributed by atoms with Crippen molar-refractivity contribution in [1.82, 2.24) is 0 Å². The van der Waals surface area contributed by atoms with Gasteiger partial charge < -0.3 is 14.6 Å². The summed E-state index contributed by atoms with van der Waals surface area (Å²) in [6.45, 7) is 0.00610. The van der Waals surface area contributed by atoms with Crippen molar-refractivity contribution < 1.29 is 19.0 Å². The highest BCUT2D eigenvalue weighted by Gasteiger charge is 2.23. The molecule has 0 bridgehead atoms. The Bertz CT molecular complexity index is 519. The van der Waals surface area contributed by atoms with Crippen molar-refractivity contribution in [2.75, 3.05) is 13.7 Å². The van der Waals surface area contributed by atoms with Crippen LogP contribution in [0.15, 0.2) is 18.2 Å². The van der Waals surface area contributed by atoms with Crippen LogP contribution in [0.5, 0.6) is 5.75 Å². The average Bonchev–Trinajstić information content (AvgIpc) is 2.47. The zero-order valence-corrected chi connectivity index (χ0v) is 12.3. The van der Waals surface area contributed by atoms with Gasteiger partial charge in [-0.3, -0.25) is 0 Å². The second-order valence-corrected chi connectivity index (χ2v) is 5.22. The van der Waals surface area contributed by atoms with Gasteiger partial charge >= 0.3 is 0 Å². The van der Waals surface area contributed by atoms with Gasteiger partial charge in [-0.15, -0.1) is 0 Å². The molecule has 2 rings (SSSR count). The fraction of sp³-hybridized carbons (Fsp3) is 0.529. The van der Waals surface area contributed by atoms with Gasteiger partial charge in [0.25, 0.3) is 0 Å². The minimum absolute atomic E-state index is 0.00610. The normalized spacial score (nSPS) is 21.5. The third-order valence-electron chi connectivity index (χ3n) is 3.55. The maximum atomic E-state index is 13.6. The van der Waals surface area contributed by atoms with Crippen LogP contribution in [0.4, 0.5) is 4.39 Å². The summed E-state index contributed by atoms with van der Waals surface area (Å²) >= 11 is 0. The molecule has 1 N–H and O–H groups in total. The molecule has 1 aromatic rings. The standard InChI is InChI=1S/C17H21FO3/c1-20-15-6-4-7-16(12-15)21-17-10-13(5-2-3-8-19)9-14(18)11-17/h9-11,15-16,19H,3-4,6-8,12H2,1H3. The fourth-order valence-corrected chi connectivity index (χ4v) is 2.54. The molecule has 114 valence electrons. The molecule has 1 fully saturated rings. The molecule has 0 heterocycles. The van der Waals surface area contributed by atoms with E-state index < -0.39 is 0 Å². The molecule has 0 aliphatic heterocycles. The highest BCUT2D eigenvalue weighted by Crippen LogP contribution is 2.26. The lowest BCUT2D eigenvalue weighted by atomic mass is 9.95. The van der Waals surface area contributed by atoms with Crippen LogP contribution < -0.4 is 4.74 Å². The summed E-state index contributed by atoms with van der Waals surface area (Å²) in [6, 6.07) is 4.49. The van der Waals surface area contributed by atoms with E-state index >= 15 is 0 Å². The Balaban J connectivity index is 2.04. The van der Waals surface area contributed by atoms with Crippen molar-refractivity contribution in [1.29, 1.82) is 0 Å². The molecule has 2 atom stereocenters. The summed E-state index contributed by atoms with van der Waals surface area (Å²) in [6.07, 6.45) is 4.56. The van der Waals surface area contributed by atoms with E-state index in [-0.39, 0.29) is 24.6 Å². The first-order chi connectivity index (χ1) is 10.2. The van der Waals surface area contributed by atoms with Crippen LogP contribution in [-0.2, 0) is 4.74 Å². The molecule has 21 heavy (non-hydrogen) atoms. The molecular formula is C17H21FO3. The van der Waals surface area contributed by atoms with Crippen molar-refractivity contribution in [3.8, 4) is 17.6 Å². The van der Waals surface area contributed by atoms with Gasteiger partial charge in [0.15, 0.2) is 0 Å². The zero-order valence-electron chi connectivity index (χ0n) is 12.3. The minimum atomic E-state index is -0.361. The topological polar surface area (TPSA) is 38.7 Å². The van der Waals surface area contributed by atoms with E-state index in [1.807, 2.05) is 0 Å². The summed E-state index contributed by atoms with van der Waals surface area (Å²) in [5, 5.41) is 8.70. The molecular weight excluding hydrogens is 271 g/mol. The van der Waals surface area contributed by atoms with E-state index in [0.717, 1.165) is 25.7 Å². The Morgan fingerprint density at radius 2 is 2.10 bits per heavy atom. The van der Waals surface area contributed by atoms with Crippen LogP contribution >= 0.6 is 0 Å². The number of benzene rings is 1. The van der Waals surface area contributed by atoms with Gasteiger partial charge in [0.05, 0.1) is 12.7 Å². The van der Waals surface area contributed by atoms with Gasteiger partial charge in [-0.1, -0.05) is 11.8 Å². The molecule has 2 unspecified atom stereocenters. The number of aliphatic hydroxyl groups is 1. The lowest BCUT2D eigenvalue weighted by Crippen LogP contribution is -2.29. The second kappa shape index (κ2) is 8.02. The summed E-state index contributed by atoms with van der Waals surface area (Å²) < 4.78 is 24.9. The Morgan fingerprint density at radius 1 is 1.29 bits per heavy atom. The Hall–Kier alpha value is -1.57. The predicted molar refractivity (Wildman–Crippen MR) is 78.7 cm³/mol. The smallest absolute Gasteiger partial charge is 0.128 e. The van der Waals surface area contributed by atoms with Gasteiger partial charge in [0.1, 0.15) is 17.7 Å². The number of aliphatic hydroxyl groups excluding tert-OH is 1. The molecule has 1 aromatic carbocycles. The highest BCUT2D eigenvalue weighted by atomic mass is 19.1. The van der Waals surface area contributed by atoms with Gasteiger partial charge in [0, 0.05) is 31.6 Å².